The molecule has 0 saturated heterocycles. The first-order valence-corrected chi connectivity index (χ1v) is 11.8. The number of aliphatic hydroxyl groups excluding tert-OH is 3. The summed E-state index contributed by atoms with van der Waals surface area (Å²) in [5.74, 6) is 0.524. The second-order valence-corrected chi connectivity index (χ2v) is 8.83. The number of aliphatic hydroxyl groups is 3. The normalized spacial score (nSPS) is 33.8. The second kappa shape index (κ2) is 14.2. The van der Waals surface area contributed by atoms with E-state index in [0.29, 0.717) is 18.7 Å². The monoisotopic (exact) mass is 505 g/mol. The van der Waals surface area contributed by atoms with Crippen molar-refractivity contribution in [2.45, 2.75) is 80.9 Å². The van der Waals surface area contributed by atoms with Gasteiger partial charge in [0.2, 0.25) is 6.29 Å². The lowest BCUT2D eigenvalue weighted by Crippen LogP contribution is -2.65. The average molecular weight is 506 g/mol. The van der Waals surface area contributed by atoms with Gasteiger partial charge in [0, 0.05) is 18.1 Å². The molecule has 0 radical (unpaired) electrons. The van der Waals surface area contributed by atoms with Crippen LogP contribution in [0.5, 0.6) is 0 Å². The first-order chi connectivity index (χ1) is 16.6. The topological polar surface area (TPSA) is 238 Å². The van der Waals surface area contributed by atoms with Crippen LogP contribution in [0, 0.1) is 0 Å². The Kier molecular flexibility index (Phi) is 12.0. The Morgan fingerprint density at radius 2 is 1.94 bits per heavy atom. The van der Waals surface area contributed by atoms with Crippen molar-refractivity contribution in [2.75, 3.05) is 33.9 Å². The number of ether oxygens (including phenoxy) is 4. The summed E-state index contributed by atoms with van der Waals surface area (Å²) in [6.07, 6.45) is -3.82. The fourth-order valence-corrected chi connectivity index (χ4v) is 4.09. The highest BCUT2D eigenvalue weighted by Gasteiger charge is 2.47. The maximum Gasteiger partial charge on any atom is 0.222 e. The molecular weight excluding hydrogens is 462 g/mol. The zero-order valence-corrected chi connectivity index (χ0v) is 20.6. The molecule has 0 unspecified atom stereocenters. The minimum absolute atomic E-state index is 0.0770. The van der Waals surface area contributed by atoms with Gasteiger partial charge in [-0.25, -0.2) is 4.99 Å². The van der Waals surface area contributed by atoms with E-state index < -0.39 is 61.2 Å². The highest BCUT2D eigenvalue weighted by molar-refractivity contribution is 5.75. The van der Waals surface area contributed by atoms with E-state index in [1.807, 2.05) is 6.08 Å². The van der Waals surface area contributed by atoms with Crippen molar-refractivity contribution in [3.63, 3.8) is 0 Å². The summed E-state index contributed by atoms with van der Waals surface area (Å²) in [5, 5.41) is 36.9. The van der Waals surface area contributed by atoms with Crippen molar-refractivity contribution in [1.82, 2.24) is 10.6 Å². The molecule has 0 aromatic heterocycles. The van der Waals surface area contributed by atoms with Crippen LogP contribution in [-0.2, 0) is 18.9 Å². The summed E-state index contributed by atoms with van der Waals surface area (Å²) in [6.45, 7) is 1.86. The van der Waals surface area contributed by atoms with Crippen LogP contribution in [0.3, 0.4) is 0 Å². The Morgan fingerprint density at radius 1 is 1.26 bits per heavy atom. The van der Waals surface area contributed by atoms with Gasteiger partial charge in [-0.3, -0.25) is 0 Å². The molecule has 0 aromatic rings. The van der Waals surface area contributed by atoms with Crippen molar-refractivity contribution in [2.24, 2.45) is 27.9 Å². The summed E-state index contributed by atoms with van der Waals surface area (Å²) in [6, 6.07) is -2.26. The molecule has 0 spiro atoms. The third-order valence-electron chi connectivity index (χ3n) is 6.10. The van der Waals surface area contributed by atoms with Gasteiger partial charge < -0.3 is 67.8 Å². The molecule has 35 heavy (non-hydrogen) atoms. The van der Waals surface area contributed by atoms with E-state index >= 15 is 0 Å². The van der Waals surface area contributed by atoms with E-state index in [1.54, 1.807) is 21.0 Å². The number of nitrogens with one attached hydrogen (secondary N) is 2. The fourth-order valence-electron chi connectivity index (χ4n) is 4.09. The zero-order chi connectivity index (χ0) is 26.1. The lowest BCUT2D eigenvalue weighted by molar-refractivity contribution is -0.270. The van der Waals surface area contributed by atoms with Gasteiger partial charge in [0.1, 0.15) is 36.2 Å². The van der Waals surface area contributed by atoms with Crippen molar-refractivity contribution >= 4 is 5.96 Å². The summed E-state index contributed by atoms with van der Waals surface area (Å²) in [5.41, 5.74) is 23.7. The van der Waals surface area contributed by atoms with E-state index in [0.717, 1.165) is 0 Å². The summed E-state index contributed by atoms with van der Waals surface area (Å²) < 4.78 is 23.5. The Bertz CT molecular complexity index is 697. The van der Waals surface area contributed by atoms with Crippen molar-refractivity contribution in [1.29, 1.82) is 0 Å². The molecule has 1 heterocycles. The third kappa shape index (κ3) is 8.21. The molecule has 0 amide bonds. The van der Waals surface area contributed by atoms with Crippen LogP contribution in [0.15, 0.2) is 16.8 Å². The largest absolute Gasteiger partial charge is 0.466 e. The smallest absolute Gasteiger partial charge is 0.222 e. The van der Waals surface area contributed by atoms with Crippen LogP contribution >= 0.6 is 0 Å². The highest BCUT2D eigenvalue weighted by atomic mass is 16.7. The molecule has 10 atom stereocenters. The van der Waals surface area contributed by atoms with Crippen LogP contribution in [0.25, 0.3) is 0 Å². The van der Waals surface area contributed by atoms with Gasteiger partial charge in [0.05, 0.1) is 19.8 Å². The first kappa shape index (κ1) is 29.6. The highest BCUT2D eigenvalue weighted by Crippen LogP contribution is 2.30. The molecule has 0 bridgehead atoms. The number of nitrogens with two attached hydrogens (primary N) is 4. The van der Waals surface area contributed by atoms with Gasteiger partial charge in [-0.05, 0) is 39.9 Å². The van der Waals surface area contributed by atoms with E-state index in [2.05, 4.69) is 15.6 Å². The molecule has 13 N–H and O–H groups in total. The van der Waals surface area contributed by atoms with Crippen LogP contribution in [-0.4, -0.2) is 116 Å². The van der Waals surface area contributed by atoms with Gasteiger partial charge in [0.15, 0.2) is 12.2 Å². The molecule has 1 aliphatic carbocycles. The van der Waals surface area contributed by atoms with E-state index in [9.17, 15) is 10.2 Å². The van der Waals surface area contributed by atoms with Crippen LogP contribution in [0.2, 0.25) is 0 Å². The fraction of sp³-hybridized carbons (Fsp3) is 0.857. The molecule has 2 rings (SSSR count). The molecule has 1 fully saturated rings. The summed E-state index contributed by atoms with van der Waals surface area (Å²) in [7, 11) is 3.46. The molecular formula is C21H43N7O7. The molecule has 14 heteroatoms. The Hall–Kier alpha value is -1.59. The van der Waals surface area contributed by atoms with Crippen LogP contribution in [0.1, 0.15) is 19.8 Å². The van der Waals surface area contributed by atoms with Gasteiger partial charge in [0.25, 0.3) is 0 Å². The molecule has 1 aliphatic heterocycles. The number of rotatable bonds is 13. The predicted molar refractivity (Wildman–Crippen MR) is 129 cm³/mol. The SMILES string of the molecule is CNCC1=CC[C@@H](N=C(N)N)[C@@H](O[C@H]2[C@H](O)[C@@H](O[C@@H](OCCO)[C@H](O)[C@H](C)NC)[C@H](N)C[C@@H]2N)O1. The maximum atomic E-state index is 11.2. The lowest BCUT2D eigenvalue weighted by atomic mass is 9.84. The second-order valence-electron chi connectivity index (χ2n) is 8.83. The number of aliphatic imine (C=N–C) groups is 1. The summed E-state index contributed by atoms with van der Waals surface area (Å²) in [4.78, 5) is 4.19. The van der Waals surface area contributed by atoms with Gasteiger partial charge >= 0.3 is 0 Å². The summed E-state index contributed by atoms with van der Waals surface area (Å²) >= 11 is 0. The number of guanidine groups is 1. The Balaban J connectivity index is 2.21. The lowest BCUT2D eigenvalue weighted by Gasteiger charge is -2.45. The Morgan fingerprint density at radius 3 is 2.54 bits per heavy atom. The average Bonchev–Trinajstić information content (AvgIpc) is 2.81. The number of likely N-dealkylation sites (N-methyl/N-ethyl adjacent to an activating group) is 2. The van der Waals surface area contributed by atoms with Gasteiger partial charge in [-0.1, -0.05) is 0 Å². The third-order valence-corrected chi connectivity index (χ3v) is 6.10. The molecule has 14 nitrogen and oxygen atoms in total. The van der Waals surface area contributed by atoms with Gasteiger partial charge in [-0.15, -0.1) is 0 Å². The molecule has 0 aromatic carbocycles. The quantitative estimate of drug-likeness (QED) is 0.0659. The standard InChI is InChI=1S/C21H43N7O7/c1-10(27-3)15(30)20(32-7-6-29)35-18-13(23)8-12(22)17(16(18)31)34-19-14(28-21(24)25)5-4-11(33-19)9-26-2/h4,10,12-20,26-27,29-31H,5-9,22-23H2,1-3H3,(H4,24,25,28)/t10-,12-,13+,14+,15+,16-,17+,18-,19+,20+/m0/s1. The van der Waals surface area contributed by atoms with Crippen molar-refractivity contribution < 1.29 is 34.3 Å². The first-order valence-electron chi connectivity index (χ1n) is 11.8. The molecule has 2 aliphatic rings. The van der Waals surface area contributed by atoms with Crippen LogP contribution < -0.4 is 33.6 Å². The van der Waals surface area contributed by atoms with E-state index in [1.165, 1.54) is 0 Å². The van der Waals surface area contributed by atoms with Gasteiger partial charge in [-0.2, -0.15) is 0 Å². The van der Waals surface area contributed by atoms with Crippen molar-refractivity contribution in [3.8, 4) is 0 Å². The Labute approximate surface area is 206 Å². The minimum Gasteiger partial charge on any atom is -0.466 e. The maximum absolute atomic E-state index is 11.2. The molecule has 1 saturated carbocycles. The van der Waals surface area contributed by atoms with Crippen LogP contribution in [0.4, 0.5) is 0 Å². The van der Waals surface area contributed by atoms with E-state index in [-0.39, 0.29) is 25.6 Å². The zero-order valence-electron chi connectivity index (χ0n) is 20.6. The minimum atomic E-state index is -1.28. The number of hydrogen-bond acceptors (Lipinski definition) is 12. The number of hydrogen-bond donors (Lipinski definition) is 9. The molecule has 204 valence electrons. The predicted octanol–water partition coefficient (Wildman–Crippen LogP) is -4.03. The number of nitrogens with zero attached hydrogens (tertiary/aromatic N) is 1. The van der Waals surface area contributed by atoms with Crippen molar-refractivity contribution in [3.05, 3.63) is 11.8 Å². The van der Waals surface area contributed by atoms with E-state index in [4.69, 9.17) is 47.0 Å².